The number of nitrogens with zero attached hydrogens (tertiary/aromatic N) is 1. The van der Waals surface area contributed by atoms with Crippen LogP contribution in [-0.4, -0.2) is 4.98 Å². The van der Waals surface area contributed by atoms with Crippen molar-refractivity contribution in [3.8, 4) is 0 Å². The van der Waals surface area contributed by atoms with Crippen LogP contribution in [0.2, 0.25) is 0 Å². The monoisotopic (exact) mass is 227 g/mol. The zero-order chi connectivity index (χ0) is 11.1. The average molecular weight is 227 g/mol. The molecular weight excluding hydrogens is 214 g/mol. The molecule has 0 aliphatic rings. The summed E-state index contributed by atoms with van der Waals surface area (Å²) in [5.74, 6) is 0.586. The summed E-state index contributed by atoms with van der Waals surface area (Å²) in [7, 11) is 0. The van der Waals surface area contributed by atoms with E-state index in [-0.39, 0.29) is 0 Å². The van der Waals surface area contributed by atoms with E-state index in [4.69, 9.17) is 0 Å². The Labute approximate surface area is 98.7 Å². The normalized spacial score (nSPS) is 11.7. The Bertz CT molecular complexity index is 652. The third-order valence-electron chi connectivity index (χ3n) is 2.94. The van der Waals surface area contributed by atoms with Crippen molar-refractivity contribution < 1.29 is 0 Å². The Morgan fingerprint density at radius 3 is 2.81 bits per heavy atom. The minimum Gasteiger partial charge on any atom is -0.245 e. The first kappa shape index (κ1) is 9.79. The molecule has 0 fully saturated rings. The van der Waals surface area contributed by atoms with E-state index in [9.17, 15) is 0 Å². The number of rotatable bonds is 1. The maximum absolute atomic E-state index is 4.41. The number of thiophene rings is 1. The highest BCUT2D eigenvalue weighted by molar-refractivity contribution is 7.25. The predicted octanol–water partition coefficient (Wildman–Crippen LogP) is 4.57. The second-order valence-electron chi connectivity index (χ2n) is 4.37. The van der Waals surface area contributed by atoms with Gasteiger partial charge in [0.15, 0.2) is 0 Å². The Hall–Kier alpha value is -1.41. The van der Waals surface area contributed by atoms with Crippen LogP contribution in [0.5, 0.6) is 0 Å². The van der Waals surface area contributed by atoms with Crippen LogP contribution in [-0.2, 0) is 0 Å². The lowest BCUT2D eigenvalue weighted by molar-refractivity contribution is 0.869. The maximum atomic E-state index is 4.41. The van der Waals surface area contributed by atoms with Gasteiger partial charge in [0.05, 0.1) is 0 Å². The molecule has 0 N–H and O–H groups in total. The Balaban J connectivity index is 2.37. The van der Waals surface area contributed by atoms with Crippen LogP contribution in [0.1, 0.15) is 25.3 Å². The number of hydrogen-bond acceptors (Lipinski definition) is 2. The third-order valence-corrected chi connectivity index (χ3v) is 4.02. The topological polar surface area (TPSA) is 12.9 Å². The predicted molar refractivity (Wildman–Crippen MR) is 71.2 cm³/mol. The SMILES string of the molecule is CC(C)c1ccc2c(c1)sc1ncccc12. The van der Waals surface area contributed by atoms with E-state index in [2.05, 4.69) is 43.1 Å². The fourth-order valence-electron chi connectivity index (χ4n) is 1.99. The van der Waals surface area contributed by atoms with Crippen LogP contribution in [0, 0.1) is 0 Å². The molecule has 0 saturated heterocycles. The summed E-state index contributed by atoms with van der Waals surface area (Å²) in [6.07, 6.45) is 1.86. The second kappa shape index (κ2) is 3.56. The quantitative estimate of drug-likeness (QED) is 0.593. The van der Waals surface area contributed by atoms with Crippen molar-refractivity contribution in [2.75, 3.05) is 0 Å². The lowest BCUT2D eigenvalue weighted by atomic mass is 10.0. The fourth-order valence-corrected chi connectivity index (χ4v) is 3.08. The number of hydrogen-bond donors (Lipinski definition) is 0. The molecule has 2 heterocycles. The second-order valence-corrected chi connectivity index (χ2v) is 5.40. The van der Waals surface area contributed by atoms with Gasteiger partial charge in [-0.25, -0.2) is 4.98 Å². The number of benzene rings is 1. The van der Waals surface area contributed by atoms with Crippen LogP contribution >= 0.6 is 11.3 Å². The number of pyridine rings is 1. The van der Waals surface area contributed by atoms with Gasteiger partial charge in [0.1, 0.15) is 4.83 Å². The van der Waals surface area contributed by atoms with Crippen LogP contribution in [0.15, 0.2) is 36.5 Å². The summed E-state index contributed by atoms with van der Waals surface area (Å²) < 4.78 is 1.35. The smallest absolute Gasteiger partial charge is 0.124 e. The van der Waals surface area contributed by atoms with Crippen molar-refractivity contribution in [1.82, 2.24) is 4.98 Å². The third kappa shape index (κ3) is 1.41. The van der Waals surface area contributed by atoms with Gasteiger partial charge in [-0.3, -0.25) is 0 Å². The maximum Gasteiger partial charge on any atom is 0.124 e. The number of aromatic nitrogens is 1. The molecule has 0 aliphatic carbocycles. The first-order valence-electron chi connectivity index (χ1n) is 5.53. The molecular formula is C14H13NS. The van der Waals surface area contributed by atoms with E-state index in [1.807, 2.05) is 12.3 Å². The zero-order valence-corrected chi connectivity index (χ0v) is 10.2. The van der Waals surface area contributed by atoms with Gasteiger partial charge in [-0.1, -0.05) is 26.0 Å². The lowest BCUT2D eigenvalue weighted by Gasteiger charge is -2.04. The molecule has 0 atom stereocenters. The summed E-state index contributed by atoms with van der Waals surface area (Å²) >= 11 is 1.78. The van der Waals surface area contributed by atoms with Gasteiger partial charge in [0, 0.05) is 21.7 Å². The molecule has 0 amide bonds. The van der Waals surface area contributed by atoms with E-state index >= 15 is 0 Å². The first-order chi connectivity index (χ1) is 7.75. The van der Waals surface area contributed by atoms with Gasteiger partial charge < -0.3 is 0 Å². The molecule has 0 unspecified atom stereocenters. The molecule has 2 aromatic heterocycles. The summed E-state index contributed by atoms with van der Waals surface area (Å²) in [4.78, 5) is 5.55. The highest BCUT2D eigenvalue weighted by Gasteiger charge is 2.07. The van der Waals surface area contributed by atoms with Crippen LogP contribution < -0.4 is 0 Å². The highest BCUT2D eigenvalue weighted by Crippen LogP contribution is 2.33. The summed E-state index contributed by atoms with van der Waals surface area (Å²) in [5.41, 5.74) is 1.40. The minimum atomic E-state index is 0.586. The van der Waals surface area contributed by atoms with E-state index in [0.29, 0.717) is 5.92 Å². The summed E-state index contributed by atoms with van der Waals surface area (Å²) in [6.45, 7) is 4.46. The molecule has 1 nitrogen and oxygen atoms in total. The fraction of sp³-hybridized carbons (Fsp3) is 0.214. The van der Waals surface area contributed by atoms with Gasteiger partial charge >= 0.3 is 0 Å². The molecule has 3 rings (SSSR count). The van der Waals surface area contributed by atoms with Gasteiger partial charge in [0.25, 0.3) is 0 Å². The first-order valence-corrected chi connectivity index (χ1v) is 6.34. The van der Waals surface area contributed by atoms with Gasteiger partial charge in [-0.05, 0) is 29.7 Å². The minimum absolute atomic E-state index is 0.586. The summed E-state index contributed by atoms with van der Waals surface area (Å²) in [6, 6.07) is 10.9. The Morgan fingerprint density at radius 1 is 1.12 bits per heavy atom. The van der Waals surface area contributed by atoms with Crippen molar-refractivity contribution in [1.29, 1.82) is 0 Å². The van der Waals surface area contributed by atoms with Gasteiger partial charge in [-0.2, -0.15) is 0 Å². The number of fused-ring (bicyclic) bond motifs is 3. The standard InChI is InChI=1S/C14H13NS/c1-9(2)10-5-6-11-12-4-3-7-15-14(12)16-13(11)8-10/h3-9H,1-2H3. The largest absolute Gasteiger partial charge is 0.245 e. The lowest BCUT2D eigenvalue weighted by Crippen LogP contribution is -1.84. The molecule has 3 aromatic rings. The van der Waals surface area contributed by atoms with Gasteiger partial charge in [-0.15, -0.1) is 11.3 Å². The van der Waals surface area contributed by atoms with Crippen molar-refractivity contribution in [2.45, 2.75) is 19.8 Å². The molecule has 2 heteroatoms. The highest BCUT2D eigenvalue weighted by atomic mass is 32.1. The van der Waals surface area contributed by atoms with Gasteiger partial charge in [0.2, 0.25) is 0 Å². The molecule has 0 radical (unpaired) electrons. The molecule has 80 valence electrons. The van der Waals surface area contributed by atoms with Crippen LogP contribution in [0.4, 0.5) is 0 Å². The molecule has 0 saturated carbocycles. The molecule has 0 spiro atoms. The molecule has 0 bridgehead atoms. The Morgan fingerprint density at radius 2 is 2.00 bits per heavy atom. The van der Waals surface area contributed by atoms with Crippen molar-refractivity contribution in [3.05, 3.63) is 42.1 Å². The van der Waals surface area contributed by atoms with E-state index in [1.54, 1.807) is 11.3 Å². The van der Waals surface area contributed by atoms with Crippen LogP contribution in [0.3, 0.4) is 0 Å². The van der Waals surface area contributed by atoms with Crippen molar-refractivity contribution in [3.63, 3.8) is 0 Å². The summed E-state index contributed by atoms with van der Waals surface area (Å²) in [5, 5.41) is 2.61. The average Bonchev–Trinajstić information content (AvgIpc) is 2.66. The van der Waals surface area contributed by atoms with Crippen molar-refractivity contribution in [2.24, 2.45) is 0 Å². The van der Waals surface area contributed by atoms with E-state index in [1.165, 1.54) is 21.0 Å². The molecule has 1 aromatic carbocycles. The van der Waals surface area contributed by atoms with Crippen molar-refractivity contribution >= 4 is 31.6 Å². The Kier molecular flexibility index (Phi) is 2.18. The zero-order valence-electron chi connectivity index (χ0n) is 9.40. The van der Waals surface area contributed by atoms with Crippen LogP contribution in [0.25, 0.3) is 20.3 Å². The molecule has 0 aliphatic heterocycles. The van der Waals surface area contributed by atoms with E-state index < -0.39 is 0 Å². The molecule has 16 heavy (non-hydrogen) atoms. The van der Waals surface area contributed by atoms with E-state index in [0.717, 1.165) is 4.83 Å².